The van der Waals surface area contributed by atoms with Crippen molar-refractivity contribution in [2.24, 2.45) is 10.9 Å². The molecule has 2 aromatic rings. The lowest BCUT2D eigenvalue weighted by Gasteiger charge is -2.15. The van der Waals surface area contributed by atoms with Crippen LogP contribution in [-0.4, -0.2) is 23.7 Å². The molecular formula is C22H25NO2. The van der Waals surface area contributed by atoms with Crippen molar-refractivity contribution >= 4 is 5.90 Å². The molecule has 25 heavy (non-hydrogen) atoms. The van der Waals surface area contributed by atoms with Gasteiger partial charge in [0.15, 0.2) is 0 Å². The minimum atomic E-state index is 0.258. The molecule has 0 aromatic heterocycles. The molecule has 2 aromatic carbocycles. The van der Waals surface area contributed by atoms with Gasteiger partial charge in [-0.15, -0.1) is 0 Å². The van der Waals surface area contributed by atoms with Gasteiger partial charge in [-0.3, -0.25) is 0 Å². The van der Waals surface area contributed by atoms with Crippen molar-refractivity contribution in [3.05, 3.63) is 64.2 Å². The molecule has 3 nitrogen and oxygen atoms in total. The quantitative estimate of drug-likeness (QED) is 0.898. The Bertz CT molecular complexity index is 823. The van der Waals surface area contributed by atoms with Crippen LogP contribution in [0.5, 0.6) is 5.75 Å². The monoisotopic (exact) mass is 335 g/mol. The van der Waals surface area contributed by atoms with Crippen molar-refractivity contribution in [2.75, 3.05) is 6.61 Å². The Hall–Kier alpha value is -2.29. The van der Waals surface area contributed by atoms with Gasteiger partial charge in [-0.2, -0.15) is 0 Å². The van der Waals surface area contributed by atoms with Gasteiger partial charge >= 0.3 is 0 Å². The van der Waals surface area contributed by atoms with Crippen LogP contribution in [0.4, 0.5) is 0 Å². The first kappa shape index (κ1) is 16.2. The standard InChI is InChI=1S/C22H25NO2/c1-14(2)20-13-25-22(23-20)19-11-15-3-7-17(19)8-4-16-6-10-18(9-5-15)21(24)12-16/h3,6-7,10-12,14,20,24H,4-5,8-9,13H2,1-2H3/t20-/m0/s1. The SMILES string of the molecule is CC(C)[C@@H]1COC(c2cc3ccc2CCc2ccc(c(O)c2)CC3)=N1. The van der Waals surface area contributed by atoms with E-state index in [0.717, 1.165) is 42.7 Å². The Morgan fingerprint density at radius 1 is 0.960 bits per heavy atom. The topological polar surface area (TPSA) is 41.8 Å². The fraction of sp³-hybridized carbons (Fsp3) is 0.409. The molecule has 1 aliphatic heterocycles. The summed E-state index contributed by atoms with van der Waals surface area (Å²) in [7, 11) is 0. The third-order valence-corrected chi connectivity index (χ3v) is 5.36. The predicted molar refractivity (Wildman–Crippen MR) is 100 cm³/mol. The molecule has 0 fully saturated rings. The van der Waals surface area contributed by atoms with Crippen LogP contribution in [0.2, 0.25) is 0 Å². The zero-order valence-corrected chi connectivity index (χ0v) is 15.0. The molecule has 0 saturated carbocycles. The van der Waals surface area contributed by atoms with Crippen molar-refractivity contribution in [1.29, 1.82) is 0 Å². The first-order chi connectivity index (χ1) is 12.1. The van der Waals surface area contributed by atoms with E-state index in [4.69, 9.17) is 9.73 Å². The van der Waals surface area contributed by atoms with Crippen molar-refractivity contribution < 1.29 is 9.84 Å². The Kier molecular flexibility index (Phi) is 4.24. The van der Waals surface area contributed by atoms with Gasteiger partial charge < -0.3 is 9.84 Å². The van der Waals surface area contributed by atoms with Crippen LogP contribution in [-0.2, 0) is 30.4 Å². The third kappa shape index (κ3) is 3.28. The van der Waals surface area contributed by atoms with E-state index in [9.17, 15) is 5.11 Å². The van der Waals surface area contributed by atoms with Crippen LogP contribution in [0.3, 0.4) is 0 Å². The minimum absolute atomic E-state index is 0.258. The molecule has 7 rings (SSSR count). The molecule has 1 N–H and O–H groups in total. The van der Waals surface area contributed by atoms with Gasteiger partial charge in [0.1, 0.15) is 12.4 Å². The molecule has 1 atom stereocenters. The van der Waals surface area contributed by atoms with Crippen LogP contribution < -0.4 is 0 Å². The Labute approximate surface area is 149 Å². The predicted octanol–water partition coefficient (Wildman–Crippen LogP) is 4.08. The van der Waals surface area contributed by atoms with E-state index in [1.165, 1.54) is 16.7 Å². The zero-order chi connectivity index (χ0) is 17.4. The average molecular weight is 335 g/mol. The molecule has 0 amide bonds. The summed E-state index contributed by atoms with van der Waals surface area (Å²) >= 11 is 0. The normalized spacial score (nSPS) is 19.5. The number of aliphatic imine (C=N–C) groups is 1. The van der Waals surface area contributed by atoms with E-state index in [-0.39, 0.29) is 6.04 Å². The molecule has 3 heteroatoms. The number of benzene rings is 2. The number of phenols is 1. The number of nitrogens with zero attached hydrogens (tertiary/aromatic N) is 1. The molecular weight excluding hydrogens is 310 g/mol. The van der Waals surface area contributed by atoms with Crippen molar-refractivity contribution in [3.8, 4) is 5.75 Å². The number of hydrogen-bond donors (Lipinski definition) is 1. The van der Waals surface area contributed by atoms with Crippen LogP contribution >= 0.6 is 0 Å². The first-order valence-corrected chi connectivity index (χ1v) is 9.23. The lowest BCUT2D eigenvalue weighted by Crippen LogP contribution is -2.13. The second kappa shape index (κ2) is 6.55. The summed E-state index contributed by atoms with van der Waals surface area (Å²) in [6.45, 7) is 5.07. The second-order valence-electron chi connectivity index (χ2n) is 7.51. The molecule has 4 bridgehead atoms. The van der Waals surface area contributed by atoms with Gasteiger partial charge in [0.25, 0.3) is 0 Å². The van der Waals surface area contributed by atoms with E-state index < -0.39 is 0 Å². The summed E-state index contributed by atoms with van der Waals surface area (Å²) in [5.74, 6) is 1.73. The molecule has 5 aliphatic rings. The maximum absolute atomic E-state index is 10.2. The van der Waals surface area contributed by atoms with E-state index in [2.05, 4.69) is 44.2 Å². The smallest absolute Gasteiger partial charge is 0.216 e. The summed E-state index contributed by atoms with van der Waals surface area (Å²) < 4.78 is 5.96. The van der Waals surface area contributed by atoms with Gasteiger partial charge in [-0.1, -0.05) is 38.1 Å². The molecule has 1 heterocycles. The Balaban J connectivity index is 1.71. The minimum Gasteiger partial charge on any atom is -0.508 e. The highest BCUT2D eigenvalue weighted by Gasteiger charge is 2.24. The van der Waals surface area contributed by atoms with Gasteiger partial charge in [-0.05, 0) is 66.0 Å². The number of rotatable bonds is 2. The lowest BCUT2D eigenvalue weighted by molar-refractivity contribution is 0.291. The van der Waals surface area contributed by atoms with E-state index >= 15 is 0 Å². The van der Waals surface area contributed by atoms with E-state index in [1.54, 1.807) is 0 Å². The lowest BCUT2D eigenvalue weighted by atomic mass is 9.93. The highest BCUT2D eigenvalue weighted by Crippen LogP contribution is 2.26. The summed E-state index contributed by atoms with van der Waals surface area (Å²) in [6.07, 6.45) is 3.57. The Morgan fingerprint density at radius 3 is 2.32 bits per heavy atom. The van der Waals surface area contributed by atoms with Crippen molar-refractivity contribution in [3.63, 3.8) is 0 Å². The zero-order valence-electron chi connectivity index (χ0n) is 15.0. The highest BCUT2D eigenvalue weighted by molar-refractivity contribution is 5.96. The molecule has 0 saturated heterocycles. The van der Waals surface area contributed by atoms with E-state index in [1.807, 2.05) is 6.07 Å². The molecule has 0 spiro atoms. The highest BCUT2D eigenvalue weighted by atomic mass is 16.5. The van der Waals surface area contributed by atoms with Crippen LogP contribution in [0.15, 0.2) is 41.4 Å². The fourth-order valence-electron chi connectivity index (χ4n) is 3.61. The summed E-state index contributed by atoms with van der Waals surface area (Å²) in [5.41, 5.74) is 5.88. The molecule has 0 unspecified atom stereocenters. The van der Waals surface area contributed by atoms with Gasteiger partial charge in [0, 0.05) is 5.56 Å². The fourth-order valence-corrected chi connectivity index (χ4v) is 3.61. The summed E-state index contributed by atoms with van der Waals surface area (Å²) in [6, 6.07) is 13.1. The summed E-state index contributed by atoms with van der Waals surface area (Å²) in [4.78, 5) is 4.84. The van der Waals surface area contributed by atoms with Crippen LogP contribution in [0.1, 0.15) is 41.7 Å². The average Bonchev–Trinajstić information content (AvgIpc) is 3.08. The largest absolute Gasteiger partial charge is 0.508 e. The van der Waals surface area contributed by atoms with Gasteiger partial charge in [0.2, 0.25) is 5.90 Å². The van der Waals surface area contributed by atoms with Gasteiger partial charge in [0.05, 0.1) is 6.04 Å². The Morgan fingerprint density at radius 2 is 1.64 bits per heavy atom. The van der Waals surface area contributed by atoms with Crippen LogP contribution in [0.25, 0.3) is 0 Å². The van der Waals surface area contributed by atoms with Crippen molar-refractivity contribution in [2.45, 2.75) is 45.6 Å². The number of ether oxygens (including phenoxy) is 1. The molecule has 4 aliphatic carbocycles. The number of aryl methyl sites for hydroxylation is 4. The van der Waals surface area contributed by atoms with Crippen molar-refractivity contribution in [1.82, 2.24) is 0 Å². The number of aromatic hydroxyl groups is 1. The van der Waals surface area contributed by atoms with Crippen LogP contribution in [0, 0.1) is 5.92 Å². The number of phenolic OH excluding ortho intramolecular Hbond substituents is 1. The molecule has 130 valence electrons. The maximum Gasteiger partial charge on any atom is 0.216 e. The number of hydrogen-bond acceptors (Lipinski definition) is 3. The second-order valence-corrected chi connectivity index (χ2v) is 7.51. The van der Waals surface area contributed by atoms with E-state index in [0.29, 0.717) is 18.3 Å². The maximum atomic E-state index is 10.2. The van der Waals surface area contributed by atoms with Gasteiger partial charge in [-0.25, -0.2) is 4.99 Å². The molecule has 0 radical (unpaired) electrons. The summed E-state index contributed by atoms with van der Waals surface area (Å²) in [5, 5.41) is 10.2. The third-order valence-electron chi connectivity index (χ3n) is 5.36. The first-order valence-electron chi connectivity index (χ1n) is 9.23.